The van der Waals surface area contributed by atoms with Gasteiger partial charge in [0.1, 0.15) is 35.1 Å². The van der Waals surface area contributed by atoms with E-state index in [4.69, 9.17) is 11.6 Å². The molecular formula is C54H54ClFN12O4. The van der Waals surface area contributed by atoms with Crippen LogP contribution in [0.2, 0.25) is 5.02 Å². The van der Waals surface area contributed by atoms with Gasteiger partial charge in [-0.1, -0.05) is 17.7 Å². The Labute approximate surface area is 419 Å². The van der Waals surface area contributed by atoms with Crippen LogP contribution in [-0.2, 0) is 18.4 Å². The Morgan fingerprint density at radius 3 is 2.50 bits per heavy atom. The smallest absolute Gasteiger partial charge is 0.274 e. The molecule has 8 aromatic rings. The van der Waals surface area contributed by atoms with Crippen molar-refractivity contribution in [3.63, 3.8) is 0 Å². The van der Waals surface area contributed by atoms with Crippen LogP contribution in [0.4, 0.5) is 33.1 Å². The number of anilines is 5. The molecule has 0 bridgehead atoms. The fraction of sp³-hybridized carbons (Fsp3) is 0.296. The third-order valence-corrected chi connectivity index (χ3v) is 14.4. The molecule has 3 fully saturated rings. The number of fused-ring (bicyclic) bond motifs is 2. The predicted octanol–water partition coefficient (Wildman–Crippen LogP) is 7.54. The van der Waals surface area contributed by atoms with Crippen molar-refractivity contribution >= 4 is 68.0 Å². The second kappa shape index (κ2) is 19.5. The van der Waals surface area contributed by atoms with Gasteiger partial charge in [-0.2, -0.15) is 0 Å². The number of pyridine rings is 3. The number of aromatic amines is 1. The molecule has 2 saturated heterocycles. The molecule has 1 atom stereocenters. The summed E-state index contributed by atoms with van der Waals surface area (Å²) in [4.78, 5) is 65.3. The van der Waals surface area contributed by atoms with Gasteiger partial charge in [-0.3, -0.25) is 19.0 Å². The van der Waals surface area contributed by atoms with E-state index in [-0.39, 0.29) is 41.0 Å². The lowest BCUT2D eigenvalue weighted by Gasteiger charge is -2.34. The average molecular weight is 990 g/mol. The summed E-state index contributed by atoms with van der Waals surface area (Å²) in [6.07, 6.45) is 12.1. The Bertz CT molecular complexity index is 3490. The van der Waals surface area contributed by atoms with Crippen molar-refractivity contribution in [2.45, 2.75) is 44.2 Å². The normalized spacial score (nSPS) is 16.4. The number of likely N-dealkylation sites (N-methyl/N-ethyl adjacent to an activating group) is 1. The van der Waals surface area contributed by atoms with Crippen molar-refractivity contribution in [1.29, 1.82) is 0 Å². The van der Waals surface area contributed by atoms with Gasteiger partial charge in [0.25, 0.3) is 11.1 Å². The monoisotopic (exact) mass is 988 g/mol. The van der Waals surface area contributed by atoms with Gasteiger partial charge in [0.2, 0.25) is 5.91 Å². The highest BCUT2D eigenvalue weighted by Gasteiger charge is 2.27. The minimum absolute atomic E-state index is 0.0342. The fourth-order valence-electron chi connectivity index (χ4n) is 10.2. The zero-order valence-corrected chi connectivity index (χ0v) is 40.7. The SMILES string of the molecule is CN1CCN(c2ccc(Nc3cc(-c4cc(-c5cc(Cl)cc(NCC(=O)NC6CCCN(c7ncnc8[nH]ccc78)C6)c5)cc(-n5ccc6cc(C7CC7)cc(F)c6c5=O)c4CO)cn(C)c3=O)nc2)CC1. The second-order valence-electron chi connectivity index (χ2n) is 19.2. The number of nitrogens with one attached hydrogen (secondary N) is 4. The molecule has 11 rings (SSSR count). The Morgan fingerprint density at radius 1 is 0.875 bits per heavy atom. The molecule has 2 aliphatic heterocycles. The van der Waals surface area contributed by atoms with Crippen molar-refractivity contribution in [3.05, 3.63) is 147 Å². The van der Waals surface area contributed by atoms with E-state index in [1.54, 1.807) is 62.3 Å². The number of aryl methyl sites for hydroxylation is 1. The number of aromatic nitrogens is 6. The zero-order chi connectivity index (χ0) is 49.6. The van der Waals surface area contributed by atoms with Gasteiger partial charge < -0.3 is 45.3 Å². The lowest BCUT2D eigenvalue weighted by atomic mass is 9.93. The van der Waals surface area contributed by atoms with E-state index in [1.165, 1.54) is 15.2 Å². The molecule has 1 saturated carbocycles. The Morgan fingerprint density at radius 2 is 1.71 bits per heavy atom. The summed E-state index contributed by atoms with van der Waals surface area (Å²) in [6, 6.07) is 21.4. The third-order valence-electron chi connectivity index (χ3n) is 14.1. The summed E-state index contributed by atoms with van der Waals surface area (Å²) < 4.78 is 18.8. The molecule has 16 nitrogen and oxygen atoms in total. The molecule has 0 spiro atoms. The van der Waals surface area contributed by atoms with Gasteiger partial charge in [0.05, 0.1) is 41.5 Å². The maximum atomic E-state index is 16.0. The highest BCUT2D eigenvalue weighted by Crippen LogP contribution is 2.42. The number of rotatable bonds is 13. The van der Waals surface area contributed by atoms with Crippen molar-refractivity contribution in [1.82, 2.24) is 39.3 Å². The molecule has 1 aliphatic carbocycles. The Hall–Kier alpha value is -7.60. The first-order chi connectivity index (χ1) is 35.0. The second-order valence-corrected chi connectivity index (χ2v) is 19.6. The van der Waals surface area contributed by atoms with Crippen LogP contribution in [0.3, 0.4) is 0 Å². The zero-order valence-electron chi connectivity index (χ0n) is 40.0. The quantitative estimate of drug-likeness (QED) is 0.0767. The van der Waals surface area contributed by atoms with Gasteiger partial charge in [-0.05, 0) is 133 Å². The van der Waals surface area contributed by atoms with E-state index in [0.29, 0.717) is 62.0 Å². The number of nitrogens with zero attached hydrogens (tertiary/aromatic N) is 8. The number of hydrogen-bond donors (Lipinski definition) is 5. The number of aliphatic hydroxyl groups is 1. The number of aliphatic hydroxyl groups excluding tert-OH is 1. The van der Waals surface area contributed by atoms with Gasteiger partial charge in [-0.15, -0.1) is 0 Å². The lowest BCUT2D eigenvalue weighted by molar-refractivity contribution is -0.120. The number of piperazine rings is 1. The summed E-state index contributed by atoms with van der Waals surface area (Å²) in [5.41, 5.74) is 5.49. The third kappa shape index (κ3) is 9.50. The molecule has 368 valence electrons. The van der Waals surface area contributed by atoms with Gasteiger partial charge in [-0.25, -0.2) is 19.3 Å². The van der Waals surface area contributed by atoms with Crippen LogP contribution < -0.4 is 36.9 Å². The van der Waals surface area contributed by atoms with Gasteiger partial charge in [0, 0.05) is 92.8 Å². The lowest BCUT2D eigenvalue weighted by Crippen LogP contribution is -2.49. The molecule has 1 unspecified atom stereocenters. The minimum Gasteiger partial charge on any atom is -0.392 e. The topological polar surface area (TPSA) is 182 Å². The van der Waals surface area contributed by atoms with E-state index in [2.05, 4.69) is 57.6 Å². The number of carbonyl (C=O) groups excluding carboxylic acids is 1. The van der Waals surface area contributed by atoms with Crippen molar-refractivity contribution in [2.24, 2.45) is 7.05 Å². The van der Waals surface area contributed by atoms with Crippen molar-refractivity contribution in [3.8, 4) is 27.9 Å². The Kier molecular flexibility index (Phi) is 12.7. The standard InChI is InChI=1S/C54H54ClFN12O4/c1-64-14-16-66(17-15-64)41-7-8-48(59-26-41)63-46-23-37(28-65(2)53(46)71)43-21-36(24-47(44(43)30-69)68-13-10-33-18-34(32-5-6-32)22-45(56)50(33)54(68)72)35-19-38(55)25-40(20-35)58-27-49(70)62-39-4-3-12-67(29-39)52-42-9-11-57-51(42)60-31-61-52/h7-11,13,18-26,28,31-32,39,58,69H,3-6,12,14-17,27,29-30H2,1-2H3,(H,59,63)(H,62,70)(H,57,60,61). The molecule has 0 radical (unpaired) electrons. The molecular weight excluding hydrogens is 935 g/mol. The number of amides is 1. The molecule has 3 aromatic carbocycles. The van der Waals surface area contributed by atoms with Gasteiger partial charge >= 0.3 is 0 Å². The van der Waals surface area contributed by atoms with Crippen LogP contribution >= 0.6 is 11.6 Å². The predicted molar refractivity (Wildman–Crippen MR) is 282 cm³/mol. The highest BCUT2D eigenvalue weighted by molar-refractivity contribution is 6.31. The first-order valence-electron chi connectivity index (χ1n) is 24.3. The number of H-pyrrole nitrogens is 1. The van der Waals surface area contributed by atoms with E-state index in [0.717, 1.165) is 86.5 Å². The first-order valence-corrected chi connectivity index (χ1v) is 24.7. The maximum absolute atomic E-state index is 16.0. The van der Waals surface area contributed by atoms with Crippen LogP contribution in [0.25, 0.3) is 49.7 Å². The van der Waals surface area contributed by atoms with Crippen molar-refractivity contribution in [2.75, 3.05) is 73.3 Å². The van der Waals surface area contributed by atoms with Crippen molar-refractivity contribution < 1.29 is 14.3 Å². The number of halogens is 2. The molecule has 5 aromatic heterocycles. The summed E-state index contributed by atoms with van der Waals surface area (Å²) in [7, 11) is 3.75. The van der Waals surface area contributed by atoms with E-state index < -0.39 is 18.0 Å². The van der Waals surface area contributed by atoms with Crippen LogP contribution in [0, 0.1) is 5.82 Å². The highest BCUT2D eigenvalue weighted by atomic mass is 35.5. The average Bonchev–Trinajstić information content (AvgIpc) is 4.13. The number of carbonyl (C=O) groups is 1. The van der Waals surface area contributed by atoms with Gasteiger partial charge in [0.15, 0.2) is 0 Å². The van der Waals surface area contributed by atoms with E-state index >= 15 is 4.39 Å². The molecule has 72 heavy (non-hydrogen) atoms. The Balaban J connectivity index is 0.925. The molecule has 5 N–H and O–H groups in total. The largest absolute Gasteiger partial charge is 0.392 e. The van der Waals surface area contributed by atoms with E-state index in [1.807, 2.05) is 42.6 Å². The first kappa shape index (κ1) is 46.8. The summed E-state index contributed by atoms with van der Waals surface area (Å²) in [5.74, 6) is 0.793. The molecule has 18 heteroatoms. The van der Waals surface area contributed by atoms with Crippen LogP contribution in [0.1, 0.15) is 42.7 Å². The number of hydrogen-bond acceptors (Lipinski definition) is 12. The number of piperidine rings is 1. The summed E-state index contributed by atoms with van der Waals surface area (Å²) >= 11 is 6.84. The minimum atomic E-state index is -0.603. The molecule has 1 amide bonds. The summed E-state index contributed by atoms with van der Waals surface area (Å²) in [6.45, 7) is 4.55. The van der Waals surface area contributed by atoms with Crippen LogP contribution in [-0.4, -0.2) is 104 Å². The molecule has 3 aliphatic rings. The maximum Gasteiger partial charge on any atom is 0.274 e. The van der Waals surface area contributed by atoms with E-state index in [9.17, 15) is 19.5 Å². The molecule has 7 heterocycles. The number of benzene rings is 3. The van der Waals surface area contributed by atoms with Crippen LogP contribution in [0.15, 0.2) is 114 Å². The van der Waals surface area contributed by atoms with Crippen LogP contribution in [0.5, 0.6) is 0 Å². The summed E-state index contributed by atoms with van der Waals surface area (Å²) in [5, 5.41) is 22.7. The fourth-order valence-corrected chi connectivity index (χ4v) is 10.4.